The molecule has 0 spiro atoms. The number of benzene rings is 1. The molecule has 1 atom stereocenters. The second-order valence-electron chi connectivity index (χ2n) is 5.54. The Kier molecular flexibility index (Phi) is 3.83. The van der Waals surface area contributed by atoms with E-state index in [9.17, 15) is 0 Å². The average molecular weight is 270 g/mol. The highest BCUT2D eigenvalue weighted by Gasteiger charge is 2.34. The van der Waals surface area contributed by atoms with Crippen molar-refractivity contribution in [1.82, 2.24) is 20.3 Å². The molecule has 3 rings (SSSR count). The summed E-state index contributed by atoms with van der Waals surface area (Å²) in [4.78, 5) is 0. The van der Waals surface area contributed by atoms with Crippen LogP contribution >= 0.6 is 0 Å². The van der Waals surface area contributed by atoms with Gasteiger partial charge in [-0.3, -0.25) is 0 Å². The predicted molar refractivity (Wildman–Crippen MR) is 79.8 cm³/mol. The van der Waals surface area contributed by atoms with Gasteiger partial charge in [0.15, 0.2) is 0 Å². The van der Waals surface area contributed by atoms with Crippen LogP contribution in [-0.4, -0.2) is 21.5 Å². The Bertz CT molecular complexity index is 539. The molecule has 1 fully saturated rings. The number of nitrogens with one attached hydrogen (secondary N) is 1. The Morgan fingerprint density at radius 3 is 2.85 bits per heavy atom. The van der Waals surface area contributed by atoms with Crippen LogP contribution in [0.5, 0.6) is 0 Å². The van der Waals surface area contributed by atoms with E-state index in [-0.39, 0.29) is 5.54 Å². The molecule has 4 heteroatoms. The van der Waals surface area contributed by atoms with Crippen LogP contribution < -0.4 is 5.32 Å². The van der Waals surface area contributed by atoms with E-state index in [1.54, 1.807) is 0 Å². The van der Waals surface area contributed by atoms with Crippen molar-refractivity contribution in [1.29, 1.82) is 0 Å². The highest BCUT2D eigenvalue weighted by molar-refractivity contribution is 5.33. The monoisotopic (exact) mass is 270 g/mol. The molecule has 1 aliphatic rings. The molecule has 20 heavy (non-hydrogen) atoms. The molecule has 0 saturated carbocycles. The van der Waals surface area contributed by atoms with E-state index in [4.69, 9.17) is 0 Å². The van der Waals surface area contributed by atoms with E-state index >= 15 is 0 Å². The van der Waals surface area contributed by atoms with E-state index in [1.165, 1.54) is 25.0 Å². The van der Waals surface area contributed by atoms with Crippen molar-refractivity contribution in [2.45, 2.75) is 44.6 Å². The zero-order valence-corrected chi connectivity index (χ0v) is 12.0. The molecule has 1 aliphatic heterocycles. The molecule has 1 aromatic carbocycles. The zero-order chi connectivity index (χ0) is 13.8. The van der Waals surface area contributed by atoms with Crippen LogP contribution in [0.3, 0.4) is 0 Å². The van der Waals surface area contributed by atoms with E-state index < -0.39 is 0 Å². The molecule has 0 radical (unpaired) electrons. The quantitative estimate of drug-likeness (QED) is 0.932. The van der Waals surface area contributed by atoms with Crippen LogP contribution in [0, 0.1) is 0 Å². The third-order valence-corrected chi connectivity index (χ3v) is 4.39. The van der Waals surface area contributed by atoms with Crippen molar-refractivity contribution >= 4 is 0 Å². The summed E-state index contributed by atoms with van der Waals surface area (Å²) in [7, 11) is 0. The first-order chi connectivity index (χ1) is 9.86. The van der Waals surface area contributed by atoms with Crippen LogP contribution in [0.25, 0.3) is 5.69 Å². The Hall–Kier alpha value is -1.68. The second kappa shape index (κ2) is 5.75. The first-order valence-corrected chi connectivity index (χ1v) is 7.57. The summed E-state index contributed by atoms with van der Waals surface area (Å²) in [5, 5.41) is 12.2. The van der Waals surface area contributed by atoms with Crippen LogP contribution in [0.2, 0.25) is 0 Å². The van der Waals surface area contributed by atoms with Gasteiger partial charge in [-0.15, -0.1) is 5.10 Å². The van der Waals surface area contributed by atoms with Crippen LogP contribution in [-0.2, 0) is 5.54 Å². The molecule has 1 N–H and O–H groups in total. The molecule has 0 aliphatic carbocycles. The van der Waals surface area contributed by atoms with Gasteiger partial charge < -0.3 is 5.32 Å². The number of nitrogens with zero attached hydrogens (tertiary/aromatic N) is 3. The lowest BCUT2D eigenvalue weighted by atomic mass is 9.87. The minimum atomic E-state index is 0.00976. The fourth-order valence-electron chi connectivity index (χ4n) is 3.17. The molecular weight excluding hydrogens is 248 g/mol. The molecule has 0 bridgehead atoms. The lowest BCUT2D eigenvalue weighted by molar-refractivity contribution is 0.297. The van der Waals surface area contributed by atoms with Gasteiger partial charge >= 0.3 is 0 Å². The molecule has 1 saturated heterocycles. The van der Waals surface area contributed by atoms with Gasteiger partial charge in [0.25, 0.3) is 0 Å². The van der Waals surface area contributed by atoms with Gasteiger partial charge in [0.05, 0.1) is 23.1 Å². The molecule has 1 unspecified atom stereocenters. The largest absolute Gasteiger partial charge is 0.306 e. The molecule has 2 heterocycles. The Balaban J connectivity index is 2.03. The minimum Gasteiger partial charge on any atom is -0.306 e. The zero-order valence-electron chi connectivity index (χ0n) is 12.0. The topological polar surface area (TPSA) is 42.7 Å². The predicted octanol–water partition coefficient (Wildman–Crippen LogP) is 3.04. The summed E-state index contributed by atoms with van der Waals surface area (Å²) in [5.74, 6) is 0. The fourth-order valence-corrected chi connectivity index (χ4v) is 3.17. The van der Waals surface area contributed by atoms with E-state index in [0.29, 0.717) is 0 Å². The summed E-state index contributed by atoms with van der Waals surface area (Å²) < 4.78 is 1.99. The van der Waals surface area contributed by atoms with Crippen molar-refractivity contribution in [3.05, 3.63) is 42.2 Å². The molecule has 0 amide bonds. The van der Waals surface area contributed by atoms with E-state index in [1.807, 2.05) is 29.1 Å². The number of aromatic nitrogens is 3. The van der Waals surface area contributed by atoms with Gasteiger partial charge in [-0.1, -0.05) is 43.2 Å². The van der Waals surface area contributed by atoms with Gasteiger partial charge in [0.1, 0.15) is 0 Å². The Morgan fingerprint density at radius 1 is 1.20 bits per heavy atom. The van der Waals surface area contributed by atoms with Gasteiger partial charge in [0.2, 0.25) is 0 Å². The van der Waals surface area contributed by atoms with Crippen LogP contribution in [0.4, 0.5) is 0 Å². The van der Waals surface area contributed by atoms with Gasteiger partial charge in [-0.05, 0) is 37.9 Å². The Morgan fingerprint density at radius 2 is 2.05 bits per heavy atom. The number of rotatable bonds is 3. The maximum absolute atomic E-state index is 4.31. The lowest BCUT2D eigenvalue weighted by Crippen LogP contribution is -2.42. The summed E-state index contributed by atoms with van der Waals surface area (Å²) in [5.41, 5.74) is 2.28. The summed E-state index contributed by atoms with van der Waals surface area (Å²) >= 11 is 0. The number of hydrogen-bond acceptors (Lipinski definition) is 3. The number of hydrogen-bond donors (Lipinski definition) is 1. The maximum atomic E-state index is 4.31. The van der Waals surface area contributed by atoms with Crippen molar-refractivity contribution in [3.63, 3.8) is 0 Å². The third-order valence-electron chi connectivity index (χ3n) is 4.39. The number of para-hydroxylation sites is 1. The fraction of sp³-hybridized carbons (Fsp3) is 0.500. The summed E-state index contributed by atoms with van der Waals surface area (Å²) in [6.07, 6.45) is 7.98. The van der Waals surface area contributed by atoms with Gasteiger partial charge in [0, 0.05) is 0 Å². The van der Waals surface area contributed by atoms with Crippen LogP contribution in [0.15, 0.2) is 36.5 Å². The first kappa shape index (κ1) is 13.3. The molecule has 1 aromatic heterocycles. The molecule has 106 valence electrons. The summed E-state index contributed by atoms with van der Waals surface area (Å²) in [6, 6.07) is 10.3. The Labute approximate surface area is 120 Å². The molecular formula is C16H22N4. The highest BCUT2D eigenvalue weighted by Crippen LogP contribution is 2.33. The average Bonchev–Trinajstić information content (AvgIpc) is 2.88. The SMILES string of the molecule is CCC1(c2cnnn2-c2ccccc2)CCCCCN1. The second-order valence-corrected chi connectivity index (χ2v) is 5.54. The van der Waals surface area contributed by atoms with E-state index in [2.05, 4.69) is 34.7 Å². The molecule has 4 nitrogen and oxygen atoms in total. The smallest absolute Gasteiger partial charge is 0.0846 e. The van der Waals surface area contributed by atoms with Gasteiger partial charge in [-0.25, -0.2) is 4.68 Å². The highest BCUT2D eigenvalue weighted by atomic mass is 15.4. The minimum absolute atomic E-state index is 0.00976. The van der Waals surface area contributed by atoms with Crippen molar-refractivity contribution < 1.29 is 0 Å². The van der Waals surface area contributed by atoms with Crippen molar-refractivity contribution in [2.24, 2.45) is 0 Å². The summed E-state index contributed by atoms with van der Waals surface area (Å²) in [6.45, 7) is 3.33. The lowest BCUT2D eigenvalue weighted by Gasteiger charge is -2.32. The molecule has 2 aromatic rings. The van der Waals surface area contributed by atoms with Crippen LogP contribution in [0.1, 0.15) is 44.7 Å². The van der Waals surface area contributed by atoms with Crippen molar-refractivity contribution in [2.75, 3.05) is 6.54 Å². The normalized spacial score (nSPS) is 23.4. The van der Waals surface area contributed by atoms with Gasteiger partial charge in [-0.2, -0.15) is 0 Å². The van der Waals surface area contributed by atoms with Crippen molar-refractivity contribution in [3.8, 4) is 5.69 Å². The third kappa shape index (κ3) is 2.36. The first-order valence-electron chi connectivity index (χ1n) is 7.57. The maximum Gasteiger partial charge on any atom is 0.0846 e. The van der Waals surface area contributed by atoms with E-state index in [0.717, 1.165) is 25.1 Å². The standard InChI is InChI=1S/C16H22N4/c1-2-16(11-7-4-8-12-17-16)15-13-18-19-20(15)14-9-5-3-6-10-14/h3,5-6,9-10,13,17H,2,4,7-8,11-12H2,1H3.